The summed E-state index contributed by atoms with van der Waals surface area (Å²) in [7, 11) is 0. The number of amides is 1. The molecule has 2 aromatic carbocycles. The zero-order chi connectivity index (χ0) is 21.8. The van der Waals surface area contributed by atoms with Crippen LogP contribution in [-0.2, 0) is 0 Å². The SMILES string of the molecule is CCOc1ccccc1N1CCN(C(=O)c2c(C#N)ccn2-c2ccccc2Br)CC1. The number of halogens is 1. The van der Waals surface area contributed by atoms with Crippen LogP contribution < -0.4 is 9.64 Å². The maximum Gasteiger partial charge on any atom is 0.272 e. The van der Waals surface area contributed by atoms with Crippen LogP contribution in [0, 0.1) is 11.3 Å². The maximum atomic E-state index is 13.5. The molecule has 31 heavy (non-hydrogen) atoms. The molecule has 1 fully saturated rings. The fourth-order valence-electron chi connectivity index (χ4n) is 3.88. The van der Waals surface area contributed by atoms with Crippen molar-refractivity contribution >= 4 is 27.5 Å². The minimum absolute atomic E-state index is 0.130. The molecule has 6 nitrogen and oxygen atoms in total. The van der Waals surface area contributed by atoms with E-state index in [-0.39, 0.29) is 5.91 Å². The molecule has 3 aromatic rings. The Morgan fingerprint density at radius 1 is 1.03 bits per heavy atom. The van der Waals surface area contributed by atoms with E-state index in [1.165, 1.54) is 0 Å². The number of para-hydroxylation sites is 3. The Balaban J connectivity index is 1.56. The number of aromatic nitrogens is 1. The zero-order valence-corrected chi connectivity index (χ0v) is 18.9. The second-order valence-corrected chi connectivity index (χ2v) is 8.05. The van der Waals surface area contributed by atoms with Crippen LogP contribution in [0.15, 0.2) is 65.3 Å². The van der Waals surface area contributed by atoms with Gasteiger partial charge in [-0.1, -0.05) is 24.3 Å². The zero-order valence-electron chi connectivity index (χ0n) is 17.3. The number of hydrogen-bond donors (Lipinski definition) is 0. The van der Waals surface area contributed by atoms with E-state index in [4.69, 9.17) is 4.74 Å². The van der Waals surface area contributed by atoms with Crippen molar-refractivity contribution < 1.29 is 9.53 Å². The van der Waals surface area contributed by atoms with Gasteiger partial charge in [0.1, 0.15) is 17.5 Å². The number of nitriles is 1. The van der Waals surface area contributed by atoms with Crippen molar-refractivity contribution in [2.45, 2.75) is 6.92 Å². The van der Waals surface area contributed by atoms with Crippen LogP contribution >= 0.6 is 15.9 Å². The lowest BCUT2D eigenvalue weighted by Crippen LogP contribution is -2.49. The van der Waals surface area contributed by atoms with Gasteiger partial charge >= 0.3 is 0 Å². The van der Waals surface area contributed by atoms with Crippen molar-refractivity contribution in [2.75, 3.05) is 37.7 Å². The van der Waals surface area contributed by atoms with Crippen LogP contribution in [0.3, 0.4) is 0 Å². The highest BCUT2D eigenvalue weighted by Gasteiger charge is 2.28. The number of piperazine rings is 1. The third-order valence-corrected chi connectivity index (χ3v) is 6.06. The van der Waals surface area contributed by atoms with Gasteiger partial charge in [-0.3, -0.25) is 4.79 Å². The number of benzene rings is 2. The van der Waals surface area contributed by atoms with Gasteiger partial charge in [-0.2, -0.15) is 5.26 Å². The lowest BCUT2D eigenvalue weighted by Gasteiger charge is -2.36. The first-order valence-corrected chi connectivity index (χ1v) is 11.1. The Morgan fingerprint density at radius 2 is 1.71 bits per heavy atom. The Bertz CT molecular complexity index is 1130. The van der Waals surface area contributed by atoms with Crippen molar-refractivity contribution in [3.8, 4) is 17.5 Å². The molecule has 1 aromatic heterocycles. The summed E-state index contributed by atoms with van der Waals surface area (Å²) in [5, 5.41) is 9.60. The second-order valence-electron chi connectivity index (χ2n) is 7.19. The van der Waals surface area contributed by atoms with Gasteiger partial charge in [0, 0.05) is 36.8 Å². The molecule has 0 N–H and O–H groups in total. The second kappa shape index (κ2) is 9.27. The van der Waals surface area contributed by atoms with E-state index in [2.05, 4.69) is 26.9 Å². The number of nitrogens with zero attached hydrogens (tertiary/aromatic N) is 4. The summed E-state index contributed by atoms with van der Waals surface area (Å²) in [4.78, 5) is 17.5. The van der Waals surface area contributed by atoms with Crippen LogP contribution in [0.25, 0.3) is 5.69 Å². The highest BCUT2D eigenvalue weighted by atomic mass is 79.9. The summed E-state index contributed by atoms with van der Waals surface area (Å²) in [6, 6.07) is 19.5. The summed E-state index contributed by atoms with van der Waals surface area (Å²) in [5.74, 6) is 0.731. The van der Waals surface area contributed by atoms with E-state index in [0.29, 0.717) is 44.0 Å². The molecular formula is C24H23BrN4O2. The Labute approximate surface area is 190 Å². The smallest absolute Gasteiger partial charge is 0.272 e. The normalized spacial score (nSPS) is 13.7. The average molecular weight is 479 g/mol. The van der Waals surface area contributed by atoms with Gasteiger partial charge in [0.25, 0.3) is 5.91 Å². The van der Waals surface area contributed by atoms with Gasteiger partial charge in [-0.25, -0.2) is 0 Å². The minimum atomic E-state index is -0.130. The Kier molecular flexibility index (Phi) is 6.28. The highest BCUT2D eigenvalue weighted by molar-refractivity contribution is 9.10. The molecule has 0 atom stereocenters. The van der Waals surface area contributed by atoms with E-state index < -0.39 is 0 Å². The third kappa shape index (κ3) is 4.17. The summed E-state index contributed by atoms with van der Waals surface area (Å²) in [5.41, 5.74) is 2.66. The molecule has 1 aliphatic rings. The van der Waals surface area contributed by atoms with Crippen molar-refractivity contribution in [2.24, 2.45) is 0 Å². The standard InChI is InChI=1S/C24H23BrN4O2/c1-2-31-22-10-6-5-9-21(22)27-13-15-28(16-14-27)24(30)23-18(17-26)11-12-29(23)20-8-4-3-7-19(20)25/h3-12H,2,13-16H2,1H3. The largest absolute Gasteiger partial charge is 0.492 e. The molecule has 7 heteroatoms. The minimum Gasteiger partial charge on any atom is -0.492 e. The van der Waals surface area contributed by atoms with E-state index in [0.717, 1.165) is 21.6 Å². The van der Waals surface area contributed by atoms with E-state index in [9.17, 15) is 10.1 Å². The van der Waals surface area contributed by atoms with Gasteiger partial charge in [0.2, 0.25) is 0 Å². The highest BCUT2D eigenvalue weighted by Crippen LogP contribution is 2.30. The van der Waals surface area contributed by atoms with Gasteiger partial charge < -0.3 is 19.1 Å². The van der Waals surface area contributed by atoms with Crippen LogP contribution in [0.5, 0.6) is 5.75 Å². The molecular weight excluding hydrogens is 456 g/mol. The molecule has 0 spiro atoms. The monoisotopic (exact) mass is 478 g/mol. The van der Waals surface area contributed by atoms with Crippen LogP contribution in [-0.4, -0.2) is 48.2 Å². The van der Waals surface area contributed by atoms with Gasteiger partial charge in [-0.05, 0) is 53.2 Å². The fraction of sp³-hybridized carbons (Fsp3) is 0.250. The molecule has 0 radical (unpaired) electrons. The molecule has 0 saturated carbocycles. The quantitative estimate of drug-likeness (QED) is 0.542. The molecule has 0 bridgehead atoms. The number of carbonyl (C=O) groups is 1. The van der Waals surface area contributed by atoms with Crippen molar-refractivity contribution in [3.05, 3.63) is 76.5 Å². The van der Waals surface area contributed by atoms with Crippen LogP contribution in [0.4, 0.5) is 5.69 Å². The lowest BCUT2D eigenvalue weighted by atomic mass is 10.2. The van der Waals surface area contributed by atoms with E-state index in [1.807, 2.05) is 60.4 Å². The summed E-state index contributed by atoms with van der Waals surface area (Å²) in [6.07, 6.45) is 1.78. The molecule has 158 valence electrons. The van der Waals surface area contributed by atoms with E-state index in [1.54, 1.807) is 16.8 Å². The summed E-state index contributed by atoms with van der Waals surface area (Å²) < 4.78 is 8.42. The molecule has 0 aliphatic carbocycles. The number of carbonyl (C=O) groups excluding carboxylic acids is 1. The average Bonchev–Trinajstić information content (AvgIpc) is 3.23. The molecule has 1 amide bonds. The first kappa shape index (κ1) is 21.0. The third-order valence-electron chi connectivity index (χ3n) is 5.39. The molecule has 2 heterocycles. The Morgan fingerprint density at radius 3 is 2.39 bits per heavy atom. The molecule has 0 unspecified atom stereocenters. The van der Waals surface area contributed by atoms with Gasteiger partial charge in [0.05, 0.1) is 23.5 Å². The number of ether oxygens (including phenoxy) is 1. The fourth-order valence-corrected chi connectivity index (χ4v) is 4.36. The lowest BCUT2D eigenvalue weighted by molar-refractivity contribution is 0.0738. The van der Waals surface area contributed by atoms with Gasteiger partial charge in [0.15, 0.2) is 0 Å². The topological polar surface area (TPSA) is 61.5 Å². The molecule has 1 aliphatic heterocycles. The van der Waals surface area contributed by atoms with Crippen LogP contribution in [0.1, 0.15) is 23.0 Å². The molecule has 1 saturated heterocycles. The van der Waals surface area contributed by atoms with Crippen molar-refractivity contribution in [3.63, 3.8) is 0 Å². The number of anilines is 1. The first-order chi connectivity index (χ1) is 15.1. The number of hydrogen-bond acceptors (Lipinski definition) is 4. The summed E-state index contributed by atoms with van der Waals surface area (Å²) in [6.45, 7) is 5.14. The van der Waals surface area contributed by atoms with Crippen molar-refractivity contribution in [1.29, 1.82) is 5.26 Å². The predicted molar refractivity (Wildman–Crippen MR) is 124 cm³/mol. The van der Waals surface area contributed by atoms with Crippen molar-refractivity contribution in [1.82, 2.24) is 9.47 Å². The first-order valence-electron chi connectivity index (χ1n) is 10.3. The Hall–Kier alpha value is -3.24. The summed E-state index contributed by atoms with van der Waals surface area (Å²) >= 11 is 3.55. The maximum absolute atomic E-state index is 13.5. The van der Waals surface area contributed by atoms with Gasteiger partial charge in [-0.15, -0.1) is 0 Å². The van der Waals surface area contributed by atoms with E-state index >= 15 is 0 Å². The predicted octanol–water partition coefficient (Wildman–Crippen LogP) is 4.47. The molecule has 4 rings (SSSR count). The number of rotatable bonds is 5. The van der Waals surface area contributed by atoms with Crippen LogP contribution in [0.2, 0.25) is 0 Å².